The quantitative estimate of drug-likeness (QED) is 0.790. The zero-order chi connectivity index (χ0) is 9.97. The van der Waals surface area contributed by atoms with E-state index in [0.717, 1.165) is 24.3 Å². The number of halogens is 1. The van der Waals surface area contributed by atoms with Crippen molar-refractivity contribution in [2.45, 2.75) is 12.8 Å². The Hall–Kier alpha value is -1.09. The van der Waals surface area contributed by atoms with Crippen LogP contribution >= 0.6 is 0 Å². The van der Waals surface area contributed by atoms with Crippen molar-refractivity contribution in [1.29, 1.82) is 0 Å². The summed E-state index contributed by atoms with van der Waals surface area (Å²) >= 11 is 0. The Morgan fingerprint density at radius 1 is 1.36 bits per heavy atom. The van der Waals surface area contributed by atoms with Gasteiger partial charge in [0.2, 0.25) is 0 Å². The fraction of sp³-hybridized carbons (Fsp3) is 0.455. The maximum atomic E-state index is 13.5. The highest BCUT2D eigenvalue weighted by atomic mass is 19.1. The molecule has 76 valence electrons. The molecule has 1 saturated heterocycles. The van der Waals surface area contributed by atoms with Crippen LogP contribution in [0.3, 0.4) is 0 Å². The summed E-state index contributed by atoms with van der Waals surface area (Å²) in [7, 11) is 0. The van der Waals surface area contributed by atoms with Crippen LogP contribution in [-0.4, -0.2) is 19.6 Å². The van der Waals surface area contributed by atoms with Gasteiger partial charge in [-0.15, -0.1) is 0 Å². The van der Waals surface area contributed by atoms with Crippen molar-refractivity contribution in [3.8, 4) is 0 Å². The average Bonchev–Trinajstić information content (AvgIpc) is 2.08. The summed E-state index contributed by atoms with van der Waals surface area (Å²) in [5, 5.41) is 0. The maximum Gasteiger partial charge on any atom is 0.128 e. The monoisotopic (exact) mass is 194 g/mol. The van der Waals surface area contributed by atoms with Crippen LogP contribution in [0.5, 0.6) is 0 Å². The lowest BCUT2D eigenvalue weighted by Crippen LogP contribution is -2.38. The van der Waals surface area contributed by atoms with Crippen molar-refractivity contribution < 1.29 is 4.39 Å². The van der Waals surface area contributed by atoms with E-state index in [1.54, 1.807) is 6.07 Å². The molecule has 0 saturated carbocycles. The molecule has 0 bridgehead atoms. The summed E-state index contributed by atoms with van der Waals surface area (Å²) in [5.74, 6) is -0.125. The van der Waals surface area contributed by atoms with Crippen LogP contribution in [0, 0.1) is 5.82 Å². The second kappa shape index (κ2) is 3.96. The van der Waals surface area contributed by atoms with E-state index in [1.807, 2.05) is 6.07 Å². The van der Waals surface area contributed by atoms with Gasteiger partial charge in [0.1, 0.15) is 5.82 Å². The predicted molar refractivity (Wildman–Crippen MR) is 56.0 cm³/mol. The first-order valence-electron chi connectivity index (χ1n) is 5.05. The third kappa shape index (κ3) is 1.60. The van der Waals surface area contributed by atoms with E-state index in [1.165, 1.54) is 12.5 Å². The second-order valence-corrected chi connectivity index (χ2v) is 3.62. The molecule has 2 nitrogen and oxygen atoms in total. The molecular formula is C11H15FN2. The minimum Gasteiger partial charge on any atom is -0.371 e. The lowest BCUT2D eigenvalue weighted by Gasteiger charge is -2.34. The van der Waals surface area contributed by atoms with Crippen LogP contribution in [0.15, 0.2) is 18.2 Å². The van der Waals surface area contributed by atoms with Crippen LogP contribution in [0.25, 0.3) is 0 Å². The van der Waals surface area contributed by atoms with Crippen LogP contribution in [-0.2, 0) is 6.42 Å². The Morgan fingerprint density at radius 3 is 2.71 bits per heavy atom. The van der Waals surface area contributed by atoms with Crippen LogP contribution in [0.2, 0.25) is 0 Å². The zero-order valence-corrected chi connectivity index (χ0v) is 8.17. The number of hydrogen-bond donors (Lipinski definition) is 1. The largest absolute Gasteiger partial charge is 0.371 e. The number of anilines is 1. The molecule has 0 spiro atoms. The van der Waals surface area contributed by atoms with Crippen molar-refractivity contribution in [1.82, 2.24) is 0 Å². The van der Waals surface area contributed by atoms with Crippen molar-refractivity contribution in [3.05, 3.63) is 29.6 Å². The predicted octanol–water partition coefficient (Wildman–Crippen LogP) is 1.54. The third-order valence-corrected chi connectivity index (χ3v) is 2.69. The molecule has 0 radical (unpaired) electrons. The first-order chi connectivity index (χ1) is 6.83. The molecular weight excluding hydrogens is 179 g/mol. The molecule has 2 N–H and O–H groups in total. The molecule has 1 fully saturated rings. The van der Waals surface area contributed by atoms with Crippen molar-refractivity contribution in [3.63, 3.8) is 0 Å². The molecule has 0 atom stereocenters. The Morgan fingerprint density at radius 2 is 2.14 bits per heavy atom. The normalized spacial score (nSPS) is 15.4. The molecule has 1 aliphatic heterocycles. The van der Waals surface area contributed by atoms with E-state index >= 15 is 0 Å². The van der Waals surface area contributed by atoms with Gasteiger partial charge in [0, 0.05) is 24.3 Å². The lowest BCUT2D eigenvalue weighted by molar-refractivity contribution is 0.588. The highest BCUT2D eigenvalue weighted by Crippen LogP contribution is 2.27. The molecule has 1 heterocycles. The standard InChI is InChI=1S/C11H15FN2/c12-10-3-1-4-11(9(10)5-6-13)14-7-2-8-14/h1,3-4H,2,5-8,13H2. The lowest BCUT2D eigenvalue weighted by atomic mass is 10.1. The third-order valence-electron chi connectivity index (χ3n) is 2.69. The van der Waals surface area contributed by atoms with Crippen molar-refractivity contribution in [2.75, 3.05) is 24.5 Å². The van der Waals surface area contributed by atoms with E-state index in [4.69, 9.17) is 5.73 Å². The van der Waals surface area contributed by atoms with E-state index < -0.39 is 0 Å². The highest BCUT2D eigenvalue weighted by molar-refractivity contribution is 5.55. The first kappa shape index (κ1) is 9.46. The van der Waals surface area contributed by atoms with Gasteiger partial charge in [0.05, 0.1) is 0 Å². The average molecular weight is 194 g/mol. The van der Waals surface area contributed by atoms with E-state index in [2.05, 4.69) is 4.90 Å². The Balaban J connectivity index is 2.31. The molecule has 1 aromatic rings. The van der Waals surface area contributed by atoms with Crippen LogP contribution in [0.1, 0.15) is 12.0 Å². The Labute approximate surface area is 83.5 Å². The molecule has 2 rings (SSSR count). The fourth-order valence-electron chi connectivity index (χ4n) is 1.79. The highest BCUT2D eigenvalue weighted by Gasteiger charge is 2.18. The van der Waals surface area contributed by atoms with Crippen LogP contribution < -0.4 is 10.6 Å². The Kier molecular flexibility index (Phi) is 2.68. The first-order valence-corrected chi connectivity index (χ1v) is 5.05. The van der Waals surface area contributed by atoms with Gasteiger partial charge in [-0.2, -0.15) is 0 Å². The van der Waals surface area contributed by atoms with E-state index in [0.29, 0.717) is 13.0 Å². The van der Waals surface area contributed by atoms with E-state index in [9.17, 15) is 4.39 Å². The fourth-order valence-corrected chi connectivity index (χ4v) is 1.79. The number of nitrogens with two attached hydrogens (primary N) is 1. The van der Waals surface area contributed by atoms with Gasteiger partial charge in [-0.1, -0.05) is 6.07 Å². The van der Waals surface area contributed by atoms with Gasteiger partial charge in [0.25, 0.3) is 0 Å². The molecule has 1 aliphatic rings. The molecule has 0 unspecified atom stereocenters. The topological polar surface area (TPSA) is 29.3 Å². The second-order valence-electron chi connectivity index (χ2n) is 3.62. The van der Waals surface area contributed by atoms with Gasteiger partial charge >= 0.3 is 0 Å². The summed E-state index contributed by atoms with van der Waals surface area (Å²) in [4.78, 5) is 2.20. The van der Waals surface area contributed by atoms with E-state index in [-0.39, 0.29) is 5.82 Å². The molecule has 14 heavy (non-hydrogen) atoms. The summed E-state index contributed by atoms with van der Waals surface area (Å²) in [6.45, 7) is 2.59. The van der Waals surface area contributed by atoms with Gasteiger partial charge in [0.15, 0.2) is 0 Å². The minimum absolute atomic E-state index is 0.125. The zero-order valence-electron chi connectivity index (χ0n) is 8.17. The maximum absolute atomic E-state index is 13.5. The molecule has 3 heteroatoms. The summed E-state index contributed by atoms with van der Waals surface area (Å²) in [5.41, 5.74) is 7.27. The number of nitrogens with zero attached hydrogens (tertiary/aromatic N) is 1. The van der Waals surface area contributed by atoms with Crippen LogP contribution in [0.4, 0.5) is 10.1 Å². The number of benzene rings is 1. The molecule has 0 amide bonds. The van der Waals surface area contributed by atoms with Crippen molar-refractivity contribution >= 4 is 5.69 Å². The summed E-state index contributed by atoms with van der Waals surface area (Å²) < 4.78 is 13.5. The molecule has 0 aliphatic carbocycles. The Bertz CT molecular complexity index is 321. The van der Waals surface area contributed by atoms with Gasteiger partial charge < -0.3 is 10.6 Å². The SMILES string of the molecule is NCCc1c(F)cccc1N1CCC1. The molecule has 1 aromatic carbocycles. The number of rotatable bonds is 3. The van der Waals surface area contributed by atoms with Gasteiger partial charge in [-0.05, 0) is 31.5 Å². The smallest absolute Gasteiger partial charge is 0.128 e. The van der Waals surface area contributed by atoms with Crippen molar-refractivity contribution in [2.24, 2.45) is 5.73 Å². The van der Waals surface area contributed by atoms with Gasteiger partial charge in [-0.3, -0.25) is 0 Å². The van der Waals surface area contributed by atoms with Gasteiger partial charge in [-0.25, -0.2) is 4.39 Å². The number of hydrogen-bond acceptors (Lipinski definition) is 2. The summed E-state index contributed by atoms with van der Waals surface area (Å²) in [6.07, 6.45) is 1.83. The molecule has 0 aromatic heterocycles. The minimum atomic E-state index is -0.125. The summed E-state index contributed by atoms with van der Waals surface area (Å²) in [6, 6.07) is 5.25.